The lowest BCUT2D eigenvalue weighted by Crippen LogP contribution is -2.26. The first-order valence-electron chi connectivity index (χ1n) is 6.33. The van der Waals surface area contributed by atoms with Gasteiger partial charge in [-0.05, 0) is 31.3 Å². The minimum absolute atomic E-state index is 0.119. The number of benzene rings is 1. The van der Waals surface area contributed by atoms with Gasteiger partial charge in [0.15, 0.2) is 5.11 Å². The second kappa shape index (κ2) is 5.10. The monoisotopic (exact) mass is 300 g/mol. The molecule has 0 unspecified atom stereocenters. The molecule has 7 heteroatoms. The molecule has 0 radical (unpaired) electrons. The first kappa shape index (κ1) is 13.4. The summed E-state index contributed by atoms with van der Waals surface area (Å²) in [6.45, 7) is 1.87. The molecule has 1 aromatic rings. The molecule has 2 amide bonds. The van der Waals surface area contributed by atoms with E-state index < -0.39 is 0 Å². The van der Waals surface area contributed by atoms with Crippen molar-refractivity contribution in [3.05, 3.63) is 42.1 Å². The average Bonchev–Trinajstić information content (AvgIpc) is 2.93. The van der Waals surface area contributed by atoms with Gasteiger partial charge < -0.3 is 10.2 Å². The van der Waals surface area contributed by atoms with Crippen LogP contribution in [0.1, 0.15) is 6.92 Å². The van der Waals surface area contributed by atoms with Gasteiger partial charge in [-0.15, -0.1) is 0 Å². The topological polar surface area (TPSA) is 65.0 Å². The number of nitrogens with one attached hydrogen (secondary N) is 1. The summed E-state index contributed by atoms with van der Waals surface area (Å²) in [5.41, 5.74) is 1.71. The highest BCUT2D eigenvalue weighted by atomic mass is 32.1. The van der Waals surface area contributed by atoms with E-state index in [1.165, 1.54) is 5.01 Å². The summed E-state index contributed by atoms with van der Waals surface area (Å²) in [5, 5.41) is 8.43. The second-order valence-corrected chi connectivity index (χ2v) is 5.05. The standard InChI is InChI=1S/C14H12N4O2S/c1-9-11(7-17-8-12(19)15-14(17)21)13(20)18(16-9)10-5-3-2-4-6-10/h2-7H,8H2,1H3,(H,15,19,21)/b11-7-. The molecule has 2 aliphatic heterocycles. The molecule has 21 heavy (non-hydrogen) atoms. The maximum atomic E-state index is 12.5. The number of nitrogens with zero attached hydrogens (tertiary/aromatic N) is 3. The summed E-state index contributed by atoms with van der Waals surface area (Å²) in [6, 6.07) is 9.17. The van der Waals surface area contributed by atoms with Crippen molar-refractivity contribution < 1.29 is 9.59 Å². The van der Waals surface area contributed by atoms with Crippen molar-refractivity contribution in [2.24, 2.45) is 5.10 Å². The number of hydrazone groups is 1. The first-order valence-corrected chi connectivity index (χ1v) is 6.74. The number of anilines is 1. The van der Waals surface area contributed by atoms with E-state index in [-0.39, 0.29) is 18.4 Å². The smallest absolute Gasteiger partial charge is 0.282 e. The number of para-hydroxylation sites is 1. The van der Waals surface area contributed by atoms with Crippen LogP contribution in [0.5, 0.6) is 0 Å². The quantitative estimate of drug-likeness (QED) is 0.654. The van der Waals surface area contributed by atoms with Crippen LogP contribution in [0.15, 0.2) is 47.2 Å². The molecule has 1 fully saturated rings. The van der Waals surface area contributed by atoms with E-state index in [1.807, 2.05) is 30.3 Å². The molecule has 6 nitrogen and oxygen atoms in total. The Morgan fingerprint density at radius 1 is 1.29 bits per heavy atom. The highest BCUT2D eigenvalue weighted by Gasteiger charge is 2.31. The number of thiocarbonyl (C=S) groups is 1. The molecule has 1 aromatic carbocycles. The van der Waals surface area contributed by atoms with Crippen molar-refractivity contribution >= 4 is 40.5 Å². The summed E-state index contributed by atoms with van der Waals surface area (Å²) >= 11 is 5.04. The fourth-order valence-electron chi connectivity index (χ4n) is 2.13. The van der Waals surface area contributed by atoms with E-state index in [4.69, 9.17) is 12.2 Å². The number of amides is 2. The fourth-order valence-corrected chi connectivity index (χ4v) is 2.36. The van der Waals surface area contributed by atoms with E-state index in [2.05, 4.69) is 10.4 Å². The van der Waals surface area contributed by atoms with E-state index in [0.717, 1.165) is 0 Å². The van der Waals surface area contributed by atoms with Crippen molar-refractivity contribution in [2.75, 3.05) is 11.6 Å². The van der Waals surface area contributed by atoms with Gasteiger partial charge in [0, 0.05) is 6.20 Å². The van der Waals surface area contributed by atoms with Crippen molar-refractivity contribution in [2.45, 2.75) is 6.92 Å². The lowest BCUT2D eigenvalue weighted by Gasteiger charge is -2.13. The Balaban J connectivity index is 1.89. The molecular formula is C14H12N4O2S. The van der Waals surface area contributed by atoms with Gasteiger partial charge in [-0.2, -0.15) is 10.1 Å². The van der Waals surface area contributed by atoms with Crippen LogP contribution in [0.25, 0.3) is 0 Å². The van der Waals surface area contributed by atoms with Crippen LogP contribution in [0.4, 0.5) is 5.69 Å². The van der Waals surface area contributed by atoms with Gasteiger partial charge in [-0.3, -0.25) is 9.59 Å². The van der Waals surface area contributed by atoms with Gasteiger partial charge in [0.1, 0.15) is 6.54 Å². The zero-order valence-electron chi connectivity index (χ0n) is 11.2. The van der Waals surface area contributed by atoms with Crippen LogP contribution >= 0.6 is 12.2 Å². The van der Waals surface area contributed by atoms with Gasteiger partial charge in [0.05, 0.1) is 17.0 Å². The summed E-state index contributed by atoms with van der Waals surface area (Å²) in [4.78, 5) is 25.3. The largest absolute Gasteiger partial charge is 0.315 e. The Labute approximate surface area is 126 Å². The number of hydrogen-bond donors (Lipinski definition) is 1. The Morgan fingerprint density at radius 3 is 2.62 bits per heavy atom. The molecule has 0 saturated carbocycles. The Bertz CT molecular complexity index is 696. The molecule has 2 aliphatic rings. The summed E-state index contributed by atoms with van der Waals surface area (Å²) in [7, 11) is 0. The van der Waals surface area contributed by atoms with Crippen molar-refractivity contribution in [1.82, 2.24) is 10.2 Å². The summed E-state index contributed by atoms with van der Waals surface area (Å²) < 4.78 is 0. The van der Waals surface area contributed by atoms with Gasteiger partial charge in [0.2, 0.25) is 5.91 Å². The number of carbonyl (C=O) groups is 2. The summed E-state index contributed by atoms with van der Waals surface area (Å²) in [6.07, 6.45) is 1.57. The predicted molar refractivity (Wildman–Crippen MR) is 82.6 cm³/mol. The first-order chi connectivity index (χ1) is 10.1. The molecule has 1 N–H and O–H groups in total. The molecule has 0 aliphatic carbocycles. The van der Waals surface area contributed by atoms with E-state index in [9.17, 15) is 9.59 Å². The molecular weight excluding hydrogens is 288 g/mol. The third kappa shape index (κ3) is 2.43. The van der Waals surface area contributed by atoms with Crippen LogP contribution < -0.4 is 10.3 Å². The van der Waals surface area contributed by atoms with Crippen LogP contribution in [-0.2, 0) is 9.59 Å². The SMILES string of the molecule is CC1=NN(c2ccccc2)C(=O)/C1=C\N1CC(=O)NC1=S. The maximum Gasteiger partial charge on any atom is 0.282 e. The minimum atomic E-state index is -0.235. The zero-order chi connectivity index (χ0) is 15.0. The van der Waals surface area contributed by atoms with E-state index >= 15 is 0 Å². The fraction of sp³-hybridized carbons (Fsp3) is 0.143. The van der Waals surface area contributed by atoms with Crippen molar-refractivity contribution in [3.63, 3.8) is 0 Å². The second-order valence-electron chi connectivity index (χ2n) is 4.66. The maximum absolute atomic E-state index is 12.5. The number of hydrogen-bond acceptors (Lipinski definition) is 4. The third-order valence-corrected chi connectivity index (χ3v) is 3.51. The molecule has 0 bridgehead atoms. The molecule has 0 spiro atoms. The molecule has 0 aromatic heterocycles. The third-order valence-electron chi connectivity index (χ3n) is 3.17. The molecule has 0 atom stereocenters. The van der Waals surface area contributed by atoms with Gasteiger partial charge in [-0.1, -0.05) is 18.2 Å². The Morgan fingerprint density at radius 2 is 2.00 bits per heavy atom. The molecule has 1 saturated heterocycles. The Hall–Kier alpha value is -2.54. The average molecular weight is 300 g/mol. The molecule has 106 valence electrons. The van der Waals surface area contributed by atoms with Crippen molar-refractivity contribution in [3.8, 4) is 0 Å². The minimum Gasteiger partial charge on any atom is -0.315 e. The molecule has 3 rings (SSSR count). The lowest BCUT2D eigenvalue weighted by atomic mass is 10.2. The van der Waals surface area contributed by atoms with Crippen LogP contribution in [-0.4, -0.2) is 34.1 Å². The zero-order valence-corrected chi connectivity index (χ0v) is 12.1. The van der Waals surface area contributed by atoms with Crippen LogP contribution in [0.2, 0.25) is 0 Å². The van der Waals surface area contributed by atoms with Gasteiger partial charge in [0.25, 0.3) is 5.91 Å². The van der Waals surface area contributed by atoms with E-state index in [1.54, 1.807) is 18.0 Å². The van der Waals surface area contributed by atoms with Crippen LogP contribution in [0, 0.1) is 0 Å². The van der Waals surface area contributed by atoms with Crippen LogP contribution in [0.3, 0.4) is 0 Å². The van der Waals surface area contributed by atoms with Gasteiger partial charge >= 0.3 is 0 Å². The normalized spacial score (nSPS) is 20.3. The lowest BCUT2D eigenvalue weighted by molar-refractivity contribution is -0.118. The summed E-state index contributed by atoms with van der Waals surface area (Å²) in [5.74, 6) is -0.419. The Kier molecular flexibility index (Phi) is 3.26. The highest BCUT2D eigenvalue weighted by Crippen LogP contribution is 2.23. The highest BCUT2D eigenvalue weighted by molar-refractivity contribution is 7.80. The molecule has 2 heterocycles. The number of carbonyl (C=O) groups excluding carboxylic acids is 2. The van der Waals surface area contributed by atoms with Crippen molar-refractivity contribution in [1.29, 1.82) is 0 Å². The van der Waals surface area contributed by atoms with Gasteiger partial charge in [-0.25, -0.2) is 0 Å². The van der Waals surface area contributed by atoms with E-state index in [0.29, 0.717) is 22.1 Å². The number of rotatable bonds is 2. The predicted octanol–water partition coefficient (Wildman–Crippen LogP) is 1.01.